The van der Waals surface area contributed by atoms with Crippen molar-refractivity contribution in [3.8, 4) is 0 Å². The van der Waals surface area contributed by atoms with Gasteiger partial charge in [0.25, 0.3) is 0 Å². The molecule has 6 nitrogen and oxygen atoms in total. The van der Waals surface area contributed by atoms with Gasteiger partial charge in [0, 0.05) is 32.1 Å². The van der Waals surface area contributed by atoms with E-state index in [2.05, 4.69) is 0 Å². The number of rotatable bonds is 11. The van der Waals surface area contributed by atoms with Crippen LogP contribution in [0.3, 0.4) is 0 Å². The summed E-state index contributed by atoms with van der Waals surface area (Å²) in [5, 5.41) is 10.5. The van der Waals surface area contributed by atoms with E-state index < -0.39 is 11.4 Å². The number of carbonyl (C=O) groups excluding carboxylic acids is 2. The second-order valence-corrected chi connectivity index (χ2v) is 11.5. The summed E-state index contributed by atoms with van der Waals surface area (Å²) in [4.78, 5) is 44.6. The quantitative estimate of drug-likeness (QED) is 0.202. The van der Waals surface area contributed by atoms with Crippen LogP contribution in [0.5, 0.6) is 0 Å². The van der Waals surface area contributed by atoms with Crippen LogP contribution in [0.2, 0.25) is 0 Å². The van der Waals surface area contributed by atoms with Crippen molar-refractivity contribution in [2.45, 2.75) is 51.9 Å². The van der Waals surface area contributed by atoms with Gasteiger partial charge in [-0.15, -0.1) is 0 Å². The summed E-state index contributed by atoms with van der Waals surface area (Å²) in [7, 11) is 0. The standard InChI is InChI=1S/C37H38N2O4/c40-34(38(25-29-13-5-1-6-14-29)26-30-15-7-2-8-16-30)33-21-23-37(24-22-33,36(42)43)35(41)39(27-31-17-9-3-10-18-31)28-32-19-11-4-12-20-32/h1-20,33H,21-28H2,(H,42,43). The SMILES string of the molecule is O=C(C1CCC(C(=O)O)(C(=O)N(Cc2ccccc2)Cc2ccccc2)CC1)N(Cc1ccccc1)Cc1ccccc1. The van der Waals surface area contributed by atoms with Crippen LogP contribution in [-0.2, 0) is 40.6 Å². The van der Waals surface area contributed by atoms with Crippen LogP contribution in [0, 0.1) is 11.3 Å². The maximum atomic E-state index is 14.2. The van der Waals surface area contributed by atoms with Crippen molar-refractivity contribution in [2.75, 3.05) is 0 Å². The maximum absolute atomic E-state index is 14.2. The predicted octanol–water partition coefficient (Wildman–Crippen LogP) is 6.71. The Hall–Kier alpha value is -4.71. The molecule has 1 saturated carbocycles. The van der Waals surface area contributed by atoms with Gasteiger partial charge in [-0.1, -0.05) is 121 Å². The van der Waals surface area contributed by atoms with Gasteiger partial charge in [-0.3, -0.25) is 14.4 Å². The number of amides is 2. The molecule has 43 heavy (non-hydrogen) atoms. The smallest absolute Gasteiger partial charge is 0.319 e. The van der Waals surface area contributed by atoms with Gasteiger partial charge in [0.15, 0.2) is 0 Å². The topological polar surface area (TPSA) is 77.9 Å². The zero-order valence-electron chi connectivity index (χ0n) is 24.3. The van der Waals surface area contributed by atoms with E-state index in [1.807, 2.05) is 126 Å². The second-order valence-electron chi connectivity index (χ2n) is 11.5. The lowest BCUT2D eigenvalue weighted by Gasteiger charge is -2.40. The number of hydrogen-bond acceptors (Lipinski definition) is 3. The molecule has 0 saturated heterocycles. The average molecular weight is 575 g/mol. The molecule has 0 atom stereocenters. The Balaban J connectivity index is 1.35. The molecule has 0 spiro atoms. The summed E-state index contributed by atoms with van der Waals surface area (Å²) in [6.07, 6.45) is 0.952. The first kappa shape index (κ1) is 29.8. The number of carboxylic acid groups (broad SMARTS) is 1. The Morgan fingerprint density at radius 2 is 0.884 bits per heavy atom. The van der Waals surface area contributed by atoms with Crippen molar-refractivity contribution < 1.29 is 19.5 Å². The van der Waals surface area contributed by atoms with E-state index in [0.29, 0.717) is 39.0 Å². The van der Waals surface area contributed by atoms with E-state index >= 15 is 0 Å². The van der Waals surface area contributed by atoms with Gasteiger partial charge in [0.1, 0.15) is 5.41 Å². The predicted molar refractivity (Wildman–Crippen MR) is 166 cm³/mol. The zero-order valence-corrected chi connectivity index (χ0v) is 24.3. The van der Waals surface area contributed by atoms with E-state index in [9.17, 15) is 19.5 Å². The van der Waals surface area contributed by atoms with E-state index in [4.69, 9.17) is 0 Å². The fourth-order valence-corrected chi connectivity index (χ4v) is 6.06. The van der Waals surface area contributed by atoms with Gasteiger partial charge in [-0.05, 0) is 47.9 Å². The minimum atomic E-state index is -1.57. The Morgan fingerprint density at radius 1 is 0.558 bits per heavy atom. The molecule has 6 heteroatoms. The highest BCUT2D eigenvalue weighted by Crippen LogP contribution is 2.42. The molecule has 0 unspecified atom stereocenters. The number of carbonyl (C=O) groups is 3. The highest BCUT2D eigenvalue weighted by Gasteiger charge is 2.51. The largest absolute Gasteiger partial charge is 0.480 e. The first-order valence-electron chi connectivity index (χ1n) is 14.9. The van der Waals surface area contributed by atoms with Crippen LogP contribution in [0.1, 0.15) is 47.9 Å². The van der Waals surface area contributed by atoms with E-state index in [1.54, 1.807) is 4.90 Å². The third-order valence-electron chi connectivity index (χ3n) is 8.47. The fourth-order valence-electron chi connectivity index (χ4n) is 6.06. The average Bonchev–Trinajstić information content (AvgIpc) is 3.05. The second kappa shape index (κ2) is 14.0. The van der Waals surface area contributed by atoms with Gasteiger partial charge >= 0.3 is 5.97 Å². The van der Waals surface area contributed by atoms with Crippen molar-refractivity contribution in [2.24, 2.45) is 11.3 Å². The van der Waals surface area contributed by atoms with Crippen LogP contribution in [0.4, 0.5) is 0 Å². The maximum Gasteiger partial charge on any atom is 0.319 e. The van der Waals surface area contributed by atoms with Gasteiger partial charge in [-0.25, -0.2) is 0 Å². The first-order valence-corrected chi connectivity index (χ1v) is 14.9. The third kappa shape index (κ3) is 7.39. The lowest BCUT2D eigenvalue weighted by Crippen LogP contribution is -2.51. The highest BCUT2D eigenvalue weighted by molar-refractivity contribution is 6.02. The van der Waals surface area contributed by atoms with Crippen LogP contribution >= 0.6 is 0 Å². The Bertz CT molecular complexity index is 1400. The van der Waals surface area contributed by atoms with Gasteiger partial charge in [-0.2, -0.15) is 0 Å². The normalized spacial score (nSPS) is 18.0. The summed E-state index contributed by atoms with van der Waals surface area (Å²) >= 11 is 0. The molecule has 1 fully saturated rings. The Kier molecular flexibility index (Phi) is 9.67. The summed E-state index contributed by atoms with van der Waals surface area (Å²) in [5.41, 5.74) is 2.39. The number of hydrogen-bond donors (Lipinski definition) is 1. The monoisotopic (exact) mass is 574 g/mol. The van der Waals surface area contributed by atoms with Gasteiger partial charge < -0.3 is 14.9 Å². The molecule has 1 aliphatic rings. The summed E-state index contributed by atoms with van der Waals surface area (Å²) in [6, 6.07) is 39.1. The van der Waals surface area contributed by atoms with Crippen LogP contribution in [0.15, 0.2) is 121 Å². The minimum Gasteiger partial charge on any atom is -0.480 e. The molecular formula is C37H38N2O4. The minimum absolute atomic E-state index is 0.00423. The molecule has 0 bridgehead atoms. The molecule has 0 aromatic heterocycles. The summed E-state index contributed by atoms with van der Waals surface area (Å²) < 4.78 is 0. The molecule has 0 aliphatic heterocycles. The Labute approximate surface area is 253 Å². The van der Waals surface area contributed by atoms with E-state index in [1.165, 1.54) is 0 Å². The Morgan fingerprint density at radius 3 is 1.21 bits per heavy atom. The highest BCUT2D eigenvalue weighted by atomic mass is 16.4. The molecule has 4 aromatic rings. The summed E-state index contributed by atoms with van der Waals surface area (Å²) in [5.74, 6) is -1.84. The molecule has 1 aliphatic carbocycles. The number of benzene rings is 4. The van der Waals surface area contributed by atoms with Crippen molar-refractivity contribution in [1.29, 1.82) is 0 Å². The van der Waals surface area contributed by atoms with Gasteiger partial charge in [0.2, 0.25) is 11.8 Å². The van der Waals surface area contributed by atoms with E-state index in [0.717, 1.165) is 22.3 Å². The molecule has 0 heterocycles. The molecule has 0 radical (unpaired) electrons. The molecule has 4 aromatic carbocycles. The van der Waals surface area contributed by atoms with Crippen LogP contribution < -0.4 is 0 Å². The van der Waals surface area contributed by atoms with E-state index in [-0.39, 0.29) is 30.6 Å². The lowest BCUT2D eigenvalue weighted by molar-refractivity contribution is -0.166. The molecule has 2 amide bonds. The lowest BCUT2D eigenvalue weighted by atomic mass is 9.69. The third-order valence-corrected chi connectivity index (χ3v) is 8.47. The van der Waals surface area contributed by atoms with Gasteiger partial charge in [0.05, 0.1) is 0 Å². The summed E-state index contributed by atoms with van der Waals surface area (Å²) in [6.45, 7) is 1.56. The van der Waals surface area contributed by atoms with Crippen molar-refractivity contribution in [1.82, 2.24) is 9.80 Å². The number of carboxylic acids is 1. The van der Waals surface area contributed by atoms with Crippen molar-refractivity contribution >= 4 is 17.8 Å². The molecule has 220 valence electrons. The van der Waals surface area contributed by atoms with Crippen molar-refractivity contribution in [3.63, 3.8) is 0 Å². The number of nitrogens with zero attached hydrogens (tertiary/aromatic N) is 2. The van der Waals surface area contributed by atoms with Crippen molar-refractivity contribution in [3.05, 3.63) is 144 Å². The van der Waals surface area contributed by atoms with Crippen LogP contribution in [-0.4, -0.2) is 32.7 Å². The number of aliphatic carboxylic acids is 1. The zero-order chi connectivity index (χ0) is 30.1. The first-order chi connectivity index (χ1) is 20.9. The fraction of sp³-hybridized carbons (Fsp3) is 0.270. The van der Waals surface area contributed by atoms with Crippen LogP contribution in [0.25, 0.3) is 0 Å². The molecule has 1 N–H and O–H groups in total. The molecular weight excluding hydrogens is 536 g/mol. The molecule has 5 rings (SSSR count).